The monoisotopic (exact) mass is 424 g/mol. The first-order valence-corrected chi connectivity index (χ1v) is 10.4. The predicted molar refractivity (Wildman–Crippen MR) is 112 cm³/mol. The van der Waals surface area contributed by atoms with Crippen molar-refractivity contribution in [3.05, 3.63) is 70.1 Å². The van der Waals surface area contributed by atoms with Crippen molar-refractivity contribution < 1.29 is 13.2 Å². The van der Waals surface area contributed by atoms with Crippen molar-refractivity contribution in [2.45, 2.75) is 51.0 Å². The van der Waals surface area contributed by atoms with Crippen LogP contribution < -0.4 is 5.56 Å². The third-order valence-corrected chi connectivity index (χ3v) is 5.93. The molecule has 1 saturated carbocycles. The van der Waals surface area contributed by atoms with Gasteiger partial charge in [0.05, 0.1) is 12.2 Å². The van der Waals surface area contributed by atoms with E-state index < -0.39 is 5.92 Å². The average Bonchev–Trinajstić information content (AvgIpc) is 3.35. The van der Waals surface area contributed by atoms with Crippen molar-refractivity contribution in [3.8, 4) is 11.3 Å². The zero-order chi connectivity index (χ0) is 21.6. The van der Waals surface area contributed by atoms with E-state index in [9.17, 15) is 13.6 Å². The zero-order valence-electron chi connectivity index (χ0n) is 17.1. The molecule has 0 amide bonds. The Labute approximate surface area is 176 Å². The highest BCUT2D eigenvalue weighted by molar-refractivity contribution is 5.73. The van der Waals surface area contributed by atoms with Crippen LogP contribution in [0.5, 0.6) is 0 Å². The Hall–Kier alpha value is -3.29. The van der Waals surface area contributed by atoms with Crippen LogP contribution in [0.2, 0.25) is 0 Å². The third kappa shape index (κ3) is 3.78. The van der Waals surface area contributed by atoms with Crippen LogP contribution in [0.1, 0.15) is 48.9 Å². The van der Waals surface area contributed by atoms with Gasteiger partial charge in [-0.3, -0.25) is 4.79 Å². The molecule has 1 aliphatic rings. The van der Waals surface area contributed by atoms with Crippen LogP contribution in [0.3, 0.4) is 0 Å². The predicted octanol–water partition coefficient (Wildman–Crippen LogP) is 5.03. The molecule has 4 aromatic rings. The summed E-state index contributed by atoms with van der Waals surface area (Å²) in [6.45, 7) is 1.89. The summed E-state index contributed by atoms with van der Waals surface area (Å²) >= 11 is 0. The number of halogens is 2. The molecule has 0 aliphatic heterocycles. The molecular weight excluding hydrogens is 402 g/mol. The Morgan fingerprint density at radius 1 is 1.19 bits per heavy atom. The fourth-order valence-corrected chi connectivity index (χ4v) is 4.28. The molecule has 3 aromatic heterocycles. The molecule has 8 heteroatoms. The van der Waals surface area contributed by atoms with Gasteiger partial charge in [-0.1, -0.05) is 24.3 Å². The molecule has 0 unspecified atom stereocenters. The molecule has 0 radical (unpaired) electrons. The summed E-state index contributed by atoms with van der Waals surface area (Å²) in [5.41, 5.74) is 2.06. The number of nitrogens with zero attached hydrogens (tertiary/aromatic N) is 3. The molecule has 1 N–H and O–H groups in total. The molecule has 31 heavy (non-hydrogen) atoms. The summed E-state index contributed by atoms with van der Waals surface area (Å²) in [6, 6.07) is 11.4. The van der Waals surface area contributed by atoms with E-state index in [-0.39, 0.29) is 24.4 Å². The lowest BCUT2D eigenvalue weighted by molar-refractivity contribution is -0.0446. The minimum Gasteiger partial charge on any atom is -0.461 e. The first kappa shape index (κ1) is 19.7. The van der Waals surface area contributed by atoms with Crippen molar-refractivity contribution in [2.75, 3.05) is 0 Å². The van der Waals surface area contributed by atoms with Gasteiger partial charge in [0.1, 0.15) is 22.7 Å². The molecule has 160 valence electrons. The number of aromatic nitrogens is 4. The maximum Gasteiger partial charge on any atom is 0.262 e. The highest BCUT2D eigenvalue weighted by atomic mass is 19.3. The Balaban J connectivity index is 1.50. The number of rotatable bonds is 4. The molecule has 5 rings (SSSR count). The van der Waals surface area contributed by atoms with Crippen molar-refractivity contribution in [1.82, 2.24) is 19.7 Å². The second-order valence-corrected chi connectivity index (χ2v) is 8.17. The molecule has 0 spiro atoms. The van der Waals surface area contributed by atoms with E-state index in [0.717, 1.165) is 22.6 Å². The van der Waals surface area contributed by atoms with Gasteiger partial charge in [-0.05, 0) is 37.5 Å². The van der Waals surface area contributed by atoms with E-state index in [0.29, 0.717) is 36.1 Å². The maximum atomic E-state index is 13.6. The van der Waals surface area contributed by atoms with Crippen molar-refractivity contribution in [2.24, 2.45) is 0 Å². The van der Waals surface area contributed by atoms with Gasteiger partial charge in [0.15, 0.2) is 5.65 Å². The summed E-state index contributed by atoms with van der Waals surface area (Å²) in [5.74, 6) is -0.552. The van der Waals surface area contributed by atoms with Crippen LogP contribution in [0.15, 0.2) is 51.8 Å². The lowest BCUT2D eigenvalue weighted by Gasteiger charge is -2.28. The van der Waals surface area contributed by atoms with Gasteiger partial charge in [-0.15, -0.1) is 0 Å². The van der Waals surface area contributed by atoms with Crippen LogP contribution in [0.4, 0.5) is 8.78 Å². The molecule has 1 aromatic carbocycles. The number of hydrogen-bond acceptors (Lipinski definition) is 4. The van der Waals surface area contributed by atoms with Gasteiger partial charge in [0.25, 0.3) is 5.56 Å². The molecule has 0 bridgehead atoms. The van der Waals surface area contributed by atoms with Gasteiger partial charge in [0.2, 0.25) is 5.92 Å². The standard InChI is InChI=1S/C23H22F2N4O2/c1-14-6-7-19(31-14)17-5-3-2-4-15(17)12-20-27-21-18(22(30)28-20)13-26-29(21)16-8-10-23(24,25)11-9-16/h2-7,13,16H,8-12H2,1H3,(H,27,28,30). The quantitative estimate of drug-likeness (QED) is 0.499. The number of alkyl halides is 2. The van der Waals surface area contributed by atoms with Gasteiger partial charge in [0, 0.05) is 24.8 Å². The SMILES string of the molecule is Cc1ccc(-c2ccccc2Cc2nc3c(cnn3C3CCC(F)(F)CC3)c(=O)[nH]2)o1. The van der Waals surface area contributed by atoms with E-state index in [4.69, 9.17) is 4.42 Å². The topological polar surface area (TPSA) is 76.7 Å². The molecule has 0 saturated heterocycles. The number of hydrogen-bond donors (Lipinski definition) is 1. The fraction of sp³-hybridized carbons (Fsp3) is 0.348. The van der Waals surface area contributed by atoms with Crippen LogP contribution in [0, 0.1) is 6.92 Å². The number of aromatic amines is 1. The summed E-state index contributed by atoms with van der Waals surface area (Å²) in [4.78, 5) is 20.2. The summed E-state index contributed by atoms with van der Waals surface area (Å²) in [7, 11) is 0. The second-order valence-electron chi connectivity index (χ2n) is 8.17. The van der Waals surface area contributed by atoms with Gasteiger partial charge >= 0.3 is 0 Å². The minimum absolute atomic E-state index is 0.176. The van der Waals surface area contributed by atoms with E-state index in [2.05, 4.69) is 15.1 Å². The third-order valence-electron chi connectivity index (χ3n) is 5.93. The maximum absolute atomic E-state index is 13.6. The summed E-state index contributed by atoms with van der Waals surface area (Å²) in [5, 5.41) is 4.69. The van der Waals surface area contributed by atoms with Crippen molar-refractivity contribution >= 4 is 11.0 Å². The van der Waals surface area contributed by atoms with Crippen LogP contribution >= 0.6 is 0 Å². The Morgan fingerprint density at radius 2 is 1.97 bits per heavy atom. The molecule has 1 aliphatic carbocycles. The number of furan rings is 1. The Bertz CT molecular complexity index is 1290. The average molecular weight is 424 g/mol. The summed E-state index contributed by atoms with van der Waals surface area (Å²) < 4.78 is 34.6. The van der Waals surface area contributed by atoms with Gasteiger partial charge < -0.3 is 9.40 Å². The fourth-order valence-electron chi connectivity index (χ4n) is 4.28. The zero-order valence-corrected chi connectivity index (χ0v) is 17.1. The van der Waals surface area contributed by atoms with Crippen LogP contribution in [0.25, 0.3) is 22.4 Å². The highest BCUT2D eigenvalue weighted by Gasteiger charge is 2.36. The molecule has 3 heterocycles. The lowest BCUT2D eigenvalue weighted by Crippen LogP contribution is -2.27. The number of fused-ring (bicyclic) bond motifs is 1. The Morgan fingerprint density at radius 3 is 2.71 bits per heavy atom. The van der Waals surface area contributed by atoms with Gasteiger partial charge in [-0.25, -0.2) is 18.4 Å². The molecule has 6 nitrogen and oxygen atoms in total. The second kappa shape index (κ2) is 7.44. The van der Waals surface area contributed by atoms with Crippen molar-refractivity contribution in [3.63, 3.8) is 0 Å². The van der Waals surface area contributed by atoms with E-state index >= 15 is 0 Å². The van der Waals surface area contributed by atoms with Crippen LogP contribution in [-0.2, 0) is 6.42 Å². The lowest BCUT2D eigenvalue weighted by atomic mass is 9.92. The smallest absolute Gasteiger partial charge is 0.262 e. The van der Waals surface area contributed by atoms with Crippen LogP contribution in [-0.4, -0.2) is 25.7 Å². The molecule has 1 fully saturated rings. The van der Waals surface area contributed by atoms with E-state index in [1.807, 2.05) is 43.3 Å². The molecular formula is C23H22F2N4O2. The number of aryl methyl sites for hydroxylation is 1. The number of H-pyrrole nitrogens is 1. The first-order valence-electron chi connectivity index (χ1n) is 10.4. The van der Waals surface area contributed by atoms with E-state index in [1.54, 1.807) is 4.68 Å². The largest absolute Gasteiger partial charge is 0.461 e. The van der Waals surface area contributed by atoms with Crippen molar-refractivity contribution in [1.29, 1.82) is 0 Å². The molecule has 0 atom stereocenters. The Kier molecular flexibility index (Phi) is 4.72. The minimum atomic E-state index is -2.62. The van der Waals surface area contributed by atoms with E-state index in [1.165, 1.54) is 6.20 Å². The van der Waals surface area contributed by atoms with Gasteiger partial charge in [-0.2, -0.15) is 5.10 Å². The highest BCUT2D eigenvalue weighted by Crippen LogP contribution is 2.38. The number of nitrogens with one attached hydrogen (secondary N) is 1. The normalized spacial score (nSPS) is 16.7. The number of benzene rings is 1. The first-order chi connectivity index (χ1) is 14.9. The summed E-state index contributed by atoms with van der Waals surface area (Å²) in [6.07, 6.45) is 2.14.